The molecule has 0 fully saturated rings. The Morgan fingerprint density at radius 2 is 1.97 bits per heavy atom. The molecule has 0 bridgehead atoms. The Kier molecular flexibility index (Phi) is 9.59. The van der Waals surface area contributed by atoms with Gasteiger partial charge in [0, 0.05) is 38.7 Å². The van der Waals surface area contributed by atoms with Crippen molar-refractivity contribution in [3.05, 3.63) is 71.8 Å². The third kappa shape index (κ3) is 6.72. The first-order chi connectivity index (χ1) is 14.2. The molecule has 30 heavy (non-hydrogen) atoms. The number of nitrogens with zero attached hydrogens (tertiary/aromatic N) is 4. The second-order valence-corrected chi connectivity index (χ2v) is 6.67. The number of nitrogens with one attached hydrogen (secondary N) is 2. The van der Waals surface area contributed by atoms with Gasteiger partial charge in [-0.15, -0.1) is 34.2 Å². The lowest BCUT2D eigenvalue weighted by Crippen LogP contribution is -2.38. The number of aliphatic imine (C=N–C) groups is 1. The molecule has 0 aliphatic heterocycles. The van der Waals surface area contributed by atoms with Crippen molar-refractivity contribution in [1.29, 1.82) is 0 Å². The van der Waals surface area contributed by atoms with E-state index in [9.17, 15) is 0 Å². The van der Waals surface area contributed by atoms with E-state index in [0.29, 0.717) is 6.54 Å². The zero-order chi connectivity index (χ0) is 20.5. The van der Waals surface area contributed by atoms with Gasteiger partial charge in [-0.05, 0) is 30.7 Å². The highest BCUT2D eigenvalue weighted by Gasteiger charge is 2.07. The SMILES string of the molecule is CCc1nncn1CCNC(=NC)NCc1ccccc1Oc1cccc(C)c1.I. The Hall–Kier alpha value is -2.62. The van der Waals surface area contributed by atoms with Crippen molar-refractivity contribution >= 4 is 29.9 Å². The third-order valence-electron chi connectivity index (χ3n) is 4.52. The molecule has 0 atom stereocenters. The number of benzene rings is 2. The van der Waals surface area contributed by atoms with Crippen LogP contribution in [0.25, 0.3) is 0 Å². The van der Waals surface area contributed by atoms with E-state index in [2.05, 4.69) is 51.8 Å². The van der Waals surface area contributed by atoms with E-state index in [1.165, 1.54) is 5.56 Å². The van der Waals surface area contributed by atoms with Crippen molar-refractivity contribution in [1.82, 2.24) is 25.4 Å². The average molecular weight is 520 g/mol. The number of aryl methyl sites for hydroxylation is 2. The summed E-state index contributed by atoms with van der Waals surface area (Å²) in [5.74, 6) is 3.39. The summed E-state index contributed by atoms with van der Waals surface area (Å²) in [6.45, 7) is 6.24. The molecule has 0 aliphatic rings. The van der Waals surface area contributed by atoms with Crippen molar-refractivity contribution in [3.8, 4) is 11.5 Å². The minimum atomic E-state index is 0. The smallest absolute Gasteiger partial charge is 0.191 e. The monoisotopic (exact) mass is 520 g/mol. The van der Waals surface area contributed by atoms with E-state index >= 15 is 0 Å². The van der Waals surface area contributed by atoms with Crippen LogP contribution in [0, 0.1) is 6.92 Å². The second kappa shape index (κ2) is 12.2. The van der Waals surface area contributed by atoms with Gasteiger partial charge in [0.05, 0.1) is 0 Å². The van der Waals surface area contributed by atoms with Crippen molar-refractivity contribution in [2.75, 3.05) is 13.6 Å². The quantitative estimate of drug-likeness (QED) is 0.268. The molecule has 0 spiro atoms. The van der Waals surface area contributed by atoms with E-state index < -0.39 is 0 Å². The third-order valence-corrected chi connectivity index (χ3v) is 4.52. The van der Waals surface area contributed by atoms with E-state index in [1.54, 1.807) is 13.4 Å². The van der Waals surface area contributed by atoms with E-state index in [0.717, 1.165) is 48.4 Å². The van der Waals surface area contributed by atoms with Gasteiger partial charge < -0.3 is 19.9 Å². The summed E-state index contributed by atoms with van der Waals surface area (Å²) in [7, 11) is 1.76. The predicted octanol–water partition coefficient (Wildman–Crippen LogP) is 3.92. The number of hydrogen-bond donors (Lipinski definition) is 2. The van der Waals surface area contributed by atoms with Gasteiger partial charge in [-0.2, -0.15) is 0 Å². The van der Waals surface area contributed by atoms with Gasteiger partial charge >= 0.3 is 0 Å². The van der Waals surface area contributed by atoms with Crippen LogP contribution in [-0.2, 0) is 19.5 Å². The molecule has 1 aromatic heterocycles. The molecule has 0 radical (unpaired) electrons. The highest BCUT2D eigenvalue weighted by molar-refractivity contribution is 14.0. The number of aromatic nitrogens is 3. The van der Waals surface area contributed by atoms with Gasteiger partial charge in [0.25, 0.3) is 0 Å². The fraction of sp³-hybridized carbons (Fsp3) is 0.318. The van der Waals surface area contributed by atoms with Crippen LogP contribution in [0.5, 0.6) is 11.5 Å². The van der Waals surface area contributed by atoms with Crippen LogP contribution in [0.4, 0.5) is 0 Å². The largest absolute Gasteiger partial charge is 0.457 e. The molecule has 8 heteroatoms. The first-order valence-electron chi connectivity index (χ1n) is 9.83. The molecule has 0 saturated heterocycles. The molecule has 7 nitrogen and oxygen atoms in total. The molecular weight excluding hydrogens is 491 g/mol. The lowest BCUT2D eigenvalue weighted by Gasteiger charge is -2.15. The van der Waals surface area contributed by atoms with Crippen LogP contribution in [0.1, 0.15) is 23.9 Å². The van der Waals surface area contributed by atoms with Gasteiger partial charge in [0.1, 0.15) is 23.7 Å². The summed E-state index contributed by atoms with van der Waals surface area (Å²) in [5, 5.41) is 14.7. The summed E-state index contributed by atoms with van der Waals surface area (Å²) < 4.78 is 8.14. The molecule has 3 aromatic rings. The average Bonchev–Trinajstić information content (AvgIpc) is 3.19. The molecule has 0 unspecified atom stereocenters. The highest BCUT2D eigenvalue weighted by atomic mass is 127. The van der Waals surface area contributed by atoms with Crippen LogP contribution in [-0.4, -0.2) is 34.3 Å². The highest BCUT2D eigenvalue weighted by Crippen LogP contribution is 2.25. The van der Waals surface area contributed by atoms with Crippen LogP contribution in [0.15, 0.2) is 59.9 Å². The van der Waals surface area contributed by atoms with Gasteiger partial charge in [0.15, 0.2) is 5.96 Å². The standard InChI is InChI=1S/C22H28N6O.HI/c1-4-21-27-26-16-28(21)13-12-24-22(23-3)25-15-18-9-5-6-11-20(18)29-19-10-7-8-17(2)14-19;/h5-11,14,16H,4,12-13,15H2,1-3H3,(H2,23,24,25);1H. The van der Waals surface area contributed by atoms with Crippen LogP contribution >= 0.6 is 24.0 Å². The Balaban J connectivity index is 0.00000320. The van der Waals surface area contributed by atoms with Crippen LogP contribution in [0.2, 0.25) is 0 Å². The lowest BCUT2D eigenvalue weighted by molar-refractivity contribution is 0.474. The van der Waals surface area contributed by atoms with Crippen molar-refractivity contribution < 1.29 is 4.74 Å². The van der Waals surface area contributed by atoms with Crippen LogP contribution in [0.3, 0.4) is 0 Å². The van der Waals surface area contributed by atoms with E-state index in [-0.39, 0.29) is 24.0 Å². The zero-order valence-corrected chi connectivity index (χ0v) is 20.0. The van der Waals surface area contributed by atoms with E-state index in [1.807, 2.05) is 41.0 Å². The maximum Gasteiger partial charge on any atom is 0.191 e. The fourth-order valence-electron chi connectivity index (χ4n) is 2.99. The zero-order valence-electron chi connectivity index (χ0n) is 17.6. The van der Waals surface area contributed by atoms with Crippen molar-refractivity contribution in [3.63, 3.8) is 0 Å². The molecule has 2 N–H and O–H groups in total. The summed E-state index contributed by atoms with van der Waals surface area (Å²) in [4.78, 5) is 4.30. The minimum Gasteiger partial charge on any atom is -0.457 e. The molecule has 0 amide bonds. The summed E-state index contributed by atoms with van der Waals surface area (Å²) >= 11 is 0. The molecule has 160 valence electrons. The van der Waals surface area contributed by atoms with Gasteiger partial charge in [-0.3, -0.25) is 4.99 Å². The van der Waals surface area contributed by atoms with Gasteiger partial charge in [-0.25, -0.2) is 0 Å². The topological polar surface area (TPSA) is 76.4 Å². The Morgan fingerprint density at radius 1 is 1.13 bits per heavy atom. The van der Waals surface area contributed by atoms with Crippen molar-refractivity contribution in [2.24, 2.45) is 4.99 Å². The fourth-order valence-corrected chi connectivity index (χ4v) is 2.99. The second-order valence-electron chi connectivity index (χ2n) is 6.67. The summed E-state index contributed by atoms with van der Waals surface area (Å²) in [6, 6.07) is 16.1. The maximum absolute atomic E-state index is 6.09. The number of rotatable bonds is 8. The Labute approximate surface area is 195 Å². The molecule has 0 aliphatic carbocycles. The first-order valence-corrected chi connectivity index (χ1v) is 9.83. The number of hydrogen-bond acceptors (Lipinski definition) is 4. The summed E-state index contributed by atoms with van der Waals surface area (Å²) in [6.07, 6.45) is 2.63. The number of para-hydroxylation sites is 1. The molecule has 2 aromatic carbocycles. The van der Waals surface area contributed by atoms with E-state index in [4.69, 9.17) is 4.74 Å². The molecular formula is C22H29IN6O. The molecule has 0 saturated carbocycles. The van der Waals surface area contributed by atoms with Gasteiger partial charge in [0.2, 0.25) is 0 Å². The first kappa shape index (κ1) is 23.7. The minimum absolute atomic E-state index is 0. The Morgan fingerprint density at radius 3 is 2.73 bits per heavy atom. The van der Waals surface area contributed by atoms with Crippen molar-refractivity contribution in [2.45, 2.75) is 33.4 Å². The normalized spacial score (nSPS) is 11.0. The number of ether oxygens (including phenoxy) is 1. The molecule has 1 heterocycles. The number of guanidine groups is 1. The van der Waals surface area contributed by atoms with Gasteiger partial charge in [-0.1, -0.05) is 37.3 Å². The van der Waals surface area contributed by atoms with Crippen LogP contribution < -0.4 is 15.4 Å². The summed E-state index contributed by atoms with van der Waals surface area (Å²) in [5.41, 5.74) is 2.23. The molecule has 3 rings (SSSR count). The number of halogens is 1. The Bertz CT molecular complexity index is 956. The lowest BCUT2D eigenvalue weighted by atomic mass is 10.2. The predicted molar refractivity (Wildman–Crippen MR) is 131 cm³/mol. The maximum atomic E-state index is 6.09.